The molecule has 0 aliphatic carbocycles. The third kappa shape index (κ3) is 2.96. The zero-order valence-corrected chi connectivity index (χ0v) is 11.5. The topological polar surface area (TPSA) is 55.5 Å². The summed E-state index contributed by atoms with van der Waals surface area (Å²) in [6.07, 6.45) is 0.159. The third-order valence-electron chi connectivity index (χ3n) is 3.22. The predicted molar refractivity (Wildman–Crippen MR) is 72.0 cm³/mol. The Balaban J connectivity index is 2.16. The zero-order chi connectivity index (χ0) is 13.8. The van der Waals surface area contributed by atoms with E-state index < -0.39 is 6.10 Å². The predicted octanol–water partition coefficient (Wildman–Crippen LogP) is 3.31. The normalized spacial score (nSPS) is 12.4. The van der Waals surface area contributed by atoms with Crippen LogP contribution in [-0.2, 0) is 6.61 Å². The fraction of sp³-hybridized carbons (Fsp3) is 0.400. The van der Waals surface area contributed by atoms with E-state index in [9.17, 15) is 5.11 Å². The standard InChI is InChI=1S/C15H19NO3/c1-4-14(17)12-7-5-6-8-15(12)18-9-13-10(2)16-19-11(13)3/h5-8,14,17H,4,9H2,1-3H3/t14-/m1/s1. The summed E-state index contributed by atoms with van der Waals surface area (Å²) in [6.45, 7) is 6.10. The second-order valence-corrected chi connectivity index (χ2v) is 4.55. The number of nitrogens with zero attached hydrogens (tertiary/aromatic N) is 1. The number of benzene rings is 1. The van der Waals surface area contributed by atoms with E-state index in [1.54, 1.807) is 0 Å². The number of hydrogen-bond acceptors (Lipinski definition) is 4. The van der Waals surface area contributed by atoms with E-state index in [-0.39, 0.29) is 0 Å². The molecule has 0 saturated heterocycles. The molecule has 0 spiro atoms. The second-order valence-electron chi connectivity index (χ2n) is 4.55. The molecule has 4 heteroatoms. The number of para-hydroxylation sites is 1. The van der Waals surface area contributed by atoms with Crippen LogP contribution in [0, 0.1) is 13.8 Å². The van der Waals surface area contributed by atoms with Gasteiger partial charge in [0.2, 0.25) is 0 Å². The van der Waals surface area contributed by atoms with E-state index in [1.807, 2.05) is 45.0 Å². The van der Waals surface area contributed by atoms with Gasteiger partial charge in [0.15, 0.2) is 0 Å². The maximum absolute atomic E-state index is 9.97. The average Bonchev–Trinajstić information content (AvgIpc) is 2.75. The average molecular weight is 261 g/mol. The van der Waals surface area contributed by atoms with Crippen molar-refractivity contribution in [2.45, 2.75) is 39.9 Å². The molecule has 1 atom stereocenters. The van der Waals surface area contributed by atoms with Gasteiger partial charge in [0, 0.05) is 5.56 Å². The summed E-state index contributed by atoms with van der Waals surface area (Å²) >= 11 is 0. The van der Waals surface area contributed by atoms with Gasteiger partial charge in [0.05, 0.1) is 17.4 Å². The van der Waals surface area contributed by atoms with Crippen molar-refractivity contribution in [1.29, 1.82) is 0 Å². The molecule has 2 aromatic rings. The molecule has 1 aromatic heterocycles. The van der Waals surface area contributed by atoms with Crippen molar-refractivity contribution in [1.82, 2.24) is 5.16 Å². The van der Waals surface area contributed by atoms with E-state index in [0.29, 0.717) is 18.8 Å². The van der Waals surface area contributed by atoms with Gasteiger partial charge in [-0.25, -0.2) is 0 Å². The Labute approximate surface area is 113 Å². The molecule has 1 aromatic carbocycles. The van der Waals surface area contributed by atoms with Crippen molar-refractivity contribution < 1.29 is 14.4 Å². The van der Waals surface area contributed by atoms with Crippen molar-refractivity contribution in [2.75, 3.05) is 0 Å². The van der Waals surface area contributed by atoms with E-state index in [0.717, 1.165) is 22.6 Å². The fourth-order valence-electron chi connectivity index (χ4n) is 1.97. The molecule has 102 valence electrons. The quantitative estimate of drug-likeness (QED) is 0.897. The lowest BCUT2D eigenvalue weighted by atomic mass is 10.1. The lowest BCUT2D eigenvalue weighted by Crippen LogP contribution is -2.03. The van der Waals surface area contributed by atoms with E-state index in [2.05, 4.69) is 5.16 Å². The molecule has 0 bridgehead atoms. The van der Waals surface area contributed by atoms with Crippen LogP contribution in [0.1, 0.15) is 42.0 Å². The van der Waals surface area contributed by atoms with Crippen molar-refractivity contribution >= 4 is 0 Å². The number of hydrogen-bond donors (Lipinski definition) is 1. The lowest BCUT2D eigenvalue weighted by molar-refractivity contribution is 0.166. The fourth-order valence-corrected chi connectivity index (χ4v) is 1.97. The van der Waals surface area contributed by atoms with Crippen LogP contribution in [0.5, 0.6) is 5.75 Å². The van der Waals surface area contributed by atoms with Crippen LogP contribution in [-0.4, -0.2) is 10.3 Å². The van der Waals surface area contributed by atoms with Gasteiger partial charge in [-0.1, -0.05) is 30.3 Å². The van der Waals surface area contributed by atoms with Gasteiger partial charge in [-0.15, -0.1) is 0 Å². The van der Waals surface area contributed by atoms with E-state index in [4.69, 9.17) is 9.26 Å². The molecule has 0 saturated carbocycles. The Morgan fingerprint density at radius 2 is 2.05 bits per heavy atom. The van der Waals surface area contributed by atoms with Gasteiger partial charge in [0.1, 0.15) is 18.1 Å². The molecule has 0 aliphatic heterocycles. The van der Waals surface area contributed by atoms with Crippen LogP contribution < -0.4 is 4.74 Å². The molecule has 0 aliphatic rings. The number of aryl methyl sites for hydroxylation is 2. The molecule has 0 radical (unpaired) electrons. The SMILES string of the molecule is CC[C@@H](O)c1ccccc1OCc1c(C)noc1C. The van der Waals surface area contributed by atoms with Crippen LogP contribution in [0.15, 0.2) is 28.8 Å². The largest absolute Gasteiger partial charge is 0.488 e. The molecular formula is C15H19NO3. The summed E-state index contributed by atoms with van der Waals surface area (Å²) in [5.74, 6) is 1.47. The molecule has 0 unspecified atom stereocenters. The molecular weight excluding hydrogens is 242 g/mol. The molecule has 0 fully saturated rings. The molecule has 0 amide bonds. The van der Waals surface area contributed by atoms with Crippen molar-refractivity contribution in [3.05, 3.63) is 46.8 Å². The molecule has 2 rings (SSSR count). The summed E-state index contributed by atoms with van der Waals surface area (Å²) < 4.78 is 10.9. The summed E-state index contributed by atoms with van der Waals surface area (Å²) in [4.78, 5) is 0. The van der Waals surface area contributed by atoms with Crippen LogP contribution in [0.25, 0.3) is 0 Å². The minimum atomic E-state index is -0.499. The highest BCUT2D eigenvalue weighted by molar-refractivity contribution is 5.35. The van der Waals surface area contributed by atoms with Crippen molar-refractivity contribution in [2.24, 2.45) is 0 Å². The minimum Gasteiger partial charge on any atom is -0.488 e. The third-order valence-corrected chi connectivity index (χ3v) is 3.22. The van der Waals surface area contributed by atoms with Crippen LogP contribution >= 0.6 is 0 Å². The maximum Gasteiger partial charge on any atom is 0.140 e. The first-order chi connectivity index (χ1) is 9.13. The van der Waals surface area contributed by atoms with Crippen LogP contribution in [0.2, 0.25) is 0 Å². The monoisotopic (exact) mass is 261 g/mol. The lowest BCUT2D eigenvalue weighted by Gasteiger charge is -2.14. The van der Waals surface area contributed by atoms with Crippen molar-refractivity contribution in [3.8, 4) is 5.75 Å². The van der Waals surface area contributed by atoms with Gasteiger partial charge < -0.3 is 14.4 Å². The summed E-state index contributed by atoms with van der Waals surface area (Å²) in [7, 11) is 0. The molecule has 1 N–H and O–H groups in total. The van der Waals surface area contributed by atoms with Crippen molar-refractivity contribution in [3.63, 3.8) is 0 Å². The smallest absolute Gasteiger partial charge is 0.140 e. The van der Waals surface area contributed by atoms with Gasteiger partial charge in [-0.2, -0.15) is 0 Å². The van der Waals surface area contributed by atoms with Crippen LogP contribution in [0.3, 0.4) is 0 Å². The second kappa shape index (κ2) is 5.89. The Morgan fingerprint density at radius 3 is 2.68 bits per heavy atom. The Bertz CT molecular complexity index is 529. The summed E-state index contributed by atoms with van der Waals surface area (Å²) in [5, 5.41) is 13.9. The van der Waals surface area contributed by atoms with Gasteiger partial charge in [-0.05, 0) is 26.3 Å². The number of rotatable bonds is 5. The Morgan fingerprint density at radius 1 is 1.32 bits per heavy atom. The first kappa shape index (κ1) is 13.6. The number of aliphatic hydroxyl groups is 1. The molecule has 19 heavy (non-hydrogen) atoms. The minimum absolute atomic E-state index is 0.397. The number of ether oxygens (including phenoxy) is 1. The van der Waals surface area contributed by atoms with Gasteiger partial charge in [0.25, 0.3) is 0 Å². The number of aromatic nitrogens is 1. The van der Waals surface area contributed by atoms with Crippen LogP contribution in [0.4, 0.5) is 0 Å². The van der Waals surface area contributed by atoms with Gasteiger partial charge >= 0.3 is 0 Å². The first-order valence-corrected chi connectivity index (χ1v) is 6.45. The van der Waals surface area contributed by atoms with E-state index in [1.165, 1.54) is 0 Å². The summed E-state index contributed by atoms with van der Waals surface area (Å²) in [6, 6.07) is 7.55. The Hall–Kier alpha value is -1.81. The van der Waals surface area contributed by atoms with E-state index >= 15 is 0 Å². The number of aliphatic hydroxyl groups excluding tert-OH is 1. The first-order valence-electron chi connectivity index (χ1n) is 6.45. The Kier molecular flexibility index (Phi) is 4.22. The highest BCUT2D eigenvalue weighted by Gasteiger charge is 2.13. The highest BCUT2D eigenvalue weighted by Crippen LogP contribution is 2.28. The molecule has 1 heterocycles. The maximum atomic E-state index is 9.97. The molecule has 4 nitrogen and oxygen atoms in total. The van der Waals surface area contributed by atoms with Gasteiger partial charge in [-0.3, -0.25) is 0 Å². The zero-order valence-electron chi connectivity index (χ0n) is 11.5. The highest BCUT2D eigenvalue weighted by atomic mass is 16.5. The summed E-state index contributed by atoms with van der Waals surface area (Å²) in [5.41, 5.74) is 2.61.